The summed E-state index contributed by atoms with van der Waals surface area (Å²) in [6.45, 7) is 0. The van der Waals surface area contributed by atoms with E-state index >= 15 is 0 Å². The predicted molar refractivity (Wildman–Crippen MR) is 27.1 cm³/mol. The molecule has 0 aliphatic rings. The average Bonchev–Trinajstić information content (AvgIpc) is 1.38. The highest BCUT2D eigenvalue weighted by Crippen LogP contribution is 1.72. The van der Waals surface area contributed by atoms with Gasteiger partial charge in [0.2, 0.25) is 0 Å². The van der Waals surface area contributed by atoms with E-state index in [1.54, 1.807) is 0 Å². The molecule has 0 aliphatic heterocycles. The summed E-state index contributed by atoms with van der Waals surface area (Å²) < 4.78 is 5.03. The summed E-state index contributed by atoms with van der Waals surface area (Å²) in [5.74, 6) is 4.35. The van der Waals surface area contributed by atoms with E-state index in [1.807, 2.05) is 0 Å². The lowest BCUT2D eigenvalue weighted by atomic mass is 11.9. The van der Waals surface area contributed by atoms with Crippen molar-refractivity contribution in [3.8, 4) is 0 Å². The molecular weight excluding hydrogens is 94.0 g/mol. The molecule has 3 heteroatoms. The van der Waals surface area contributed by atoms with Crippen LogP contribution in [0.4, 0.5) is 0 Å². The SMILES string of the molecule is [CH3][Al]([CH3])[O][AlH2]. The molecule has 0 aliphatic carbocycles. The minimum Gasteiger partial charge on any atom is -0.642 e. The third-order valence-electron chi connectivity index (χ3n) is 0.471. The highest BCUT2D eigenvalue weighted by Gasteiger charge is 1.93. The lowest BCUT2D eigenvalue weighted by Gasteiger charge is -1.90. The van der Waals surface area contributed by atoms with E-state index in [1.165, 1.54) is 0 Å². The van der Waals surface area contributed by atoms with Gasteiger partial charge in [-0.3, -0.25) is 0 Å². The molecule has 0 rings (SSSR count). The smallest absolute Gasteiger partial charge is 0.423 e. The van der Waals surface area contributed by atoms with Crippen molar-refractivity contribution in [2.75, 3.05) is 0 Å². The second kappa shape index (κ2) is 3.22. The highest BCUT2D eigenvalue weighted by molar-refractivity contribution is 6.52. The van der Waals surface area contributed by atoms with Crippen molar-refractivity contribution in [2.24, 2.45) is 0 Å². The van der Waals surface area contributed by atoms with Gasteiger partial charge in [0.15, 0.2) is 0 Å². The van der Waals surface area contributed by atoms with Crippen molar-refractivity contribution in [3.05, 3.63) is 0 Å². The molecule has 0 heterocycles. The van der Waals surface area contributed by atoms with Crippen LogP contribution in [0.15, 0.2) is 0 Å². The van der Waals surface area contributed by atoms with Gasteiger partial charge in [0.05, 0.1) is 0 Å². The topological polar surface area (TPSA) is 9.23 Å². The average molecular weight is 102 g/mol. The molecule has 0 bridgehead atoms. The maximum Gasteiger partial charge on any atom is 0.423 e. The second-order valence-electron chi connectivity index (χ2n) is 1.28. The van der Waals surface area contributed by atoms with Crippen LogP contribution in [-0.2, 0) is 2.84 Å². The molecule has 5 heavy (non-hydrogen) atoms. The Morgan fingerprint density at radius 1 is 1.60 bits per heavy atom. The quantitative estimate of drug-likeness (QED) is 0.417. The molecule has 0 aromatic heterocycles. The minimum atomic E-state index is -0.588. The molecule has 0 radical (unpaired) electrons. The van der Waals surface area contributed by atoms with Gasteiger partial charge < -0.3 is 2.84 Å². The number of hydrogen-bond donors (Lipinski definition) is 0. The van der Waals surface area contributed by atoms with Crippen molar-refractivity contribution < 1.29 is 2.84 Å². The summed E-state index contributed by atoms with van der Waals surface area (Å²) in [6, 6.07) is 0. The number of hydrogen-bond acceptors (Lipinski definition) is 1. The van der Waals surface area contributed by atoms with Crippen molar-refractivity contribution in [1.82, 2.24) is 0 Å². The lowest BCUT2D eigenvalue weighted by molar-refractivity contribution is 0.647. The first kappa shape index (κ1) is 6.02. The van der Waals surface area contributed by atoms with Crippen LogP contribution in [0.2, 0.25) is 11.6 Å². The third kappa shape index (κ3) is 5.02. The molecule has 28 valence electrons. The van der Waals surface area contributed by atoms with Crippen molar-refractivity contribution in [2.45, 2.75) is 11.6 Å². The van der Waals surface area contributed by atoms with E-state index in [0.717, 1.165) is 16.6 Å². The Balaban J connectivity index is 2.54. The maximum absolute atomic E-state index is 5.03. The predicted octanol–water partition coefficient (Wildman–Crippen LogP) is -0.198. The van der Waals surface area contributed by atoms with Gasteiger partial charge in [0.25, 0.3) is 0 Å². The van der Waals surface area contributed by atoms with Gasteiger partial charge in [-0.05, 0) is 0 Å². The first-order chi connectivity index (χ1) is 2.27. The number of rotatable bonds is 1. The van der Waals surface area contributed by atoms with Gasteiger partial charge in [0, 0.05) is 0 Å². The molecule has 0 aromatic rings. The Bertz CT molecular complexity index is 21.6. The Morgan fingerprint density at radius 2 is 1.80 bits per heavy atom. The minimum absolute atomic E-state index is 0.588. The van der Waals surface area contributed by atoms with Crippen LogP contribution in [0.1, 0.15) is 0 Å². The zero-order valence-corrected chi connectivity index (χ0v) is 7.14. The third-order valence-corrected chi connectivity index (χ3v) is 4.24. The van der Waals surface area contributed by atoms with Crippen molar-refractivity contribution in [3.63, 3.8) is 0 Å². The van der Waals surface area contributed by atoms with Gasteiger partial charge in [0.1, 0.15) is 0 Å². The summed E-state index contributed by atoms with van der Waals surface area (Å²) in [7, 11) is 0. The van der Waals surface area contributed by atoms with E-state index in [9.17, 15) is 0 Å². The molecule has 0 aromatic carbocycles. The first-order valence-corrected chi connectivity index (χ1v) is 5.40. The monoisotopic (exact) mass is 102 g/mol. The van der Waals surface area contributed by atoms with Crippen LogP contribution in [0.5, 0.6) is 0 Å². The van der Waals surface area contributed by atoms with Crippen LogP contribution in [0, 0.1) is 0 Å². The summed E-state index contributed by atoms with van der Waals surface area (Å²) in [6.07, 6.45) is 0. The zero-order valence-electron chi connectivity index (χ0n) is 3.99. The van der Waals surface area contributed by atoms with Crippen molar-refractivity contribution >= 4 is 31.1 Å². The summed E-state index contributed by atoms with van der Waals surface area (Å²) in [5, 5.41) is 0. The fraction of sp³-hybridized carbons (Fsp3) is 1.00. The largest absolute Gasteiger partial charge is 0.642 e. The zero-order chi connectivity index (χ0) is 4.28. The van der Waals surface area contributed by atoms with Gasteiger partial charge in [-0.15, -0.1) is 0 Å². The van der Waals surface area contributed by atoms with Crippen LogP contribution < -0.4 is 0 Å². The van der Waals surface area contributed by atoms with Gasteiger partial charge in [-0.1, -0.05) is 11.6 Å². The molecule has 0 amide bonds. The Labute approximate surface area is 45.8 Å². The Kier molecular flexibility index (Phi) is 3.88. The molecule has 0 fully saturated rings. The fourth-order valence-electron chi connectivity index (χ4n) is 0. The van der Waals surface area contributed by atoms with E-state index in [0.29, 0.717) is 0 Å². The van der Waals surface area contributed by atoms with E-state index in [4.69, 9.17) is 2.84 Å². The van der Waals surface area contributed by atoms with Gasteiger partial charge in [-0.2, -0.15) is 0 Å². The normalized spacial score (nSPS) is 7.60. The standard InChI is InChI=1S/2CH3.2Al.O.2H/h2*1H3;;;;;. The molecule has 0 spiro atoms. The van der Waals surface area contributed by atoms with Crippen molar-refractivity contribution in [1.29, 1.82) is 0 Å². The molecule has 0 unspecified atom stereocenters. The van der Waals surface area contributed by atoms with Gasteiger partial charge in [-0.25, -0.2) is 0 Å². The first-order valence-electron chi connectivity index (χ1n) is 1.80. The van der Waals surface area contributed by atoms with Crippen LogP contribution in [-0.4, -0.2) is 31.1 Å². The molecule has 0 N–H and O–H groups in total. The summed E-state index contributed by atoms with van der Waals surface area (Å²) in [5.41, 5.74) is 0. The van der Waals surface area contributed by atoms with Crippen LogP contribution >= 0.6 is 0 Å². The molecular formula is C2H8Al2O. The Morgan fingerprint density at radius 3 is 1.80 bits per heavy atom. The lowest BCUT2D eigenvalue weighted by Crippen LogP contribution is -2.02. The molecule has 0 atom stereocenters. The summed E-state index contributed by atoms with van der Waals surface area (Å²) in [4.78, 5) is 0. The van der Waals surface area contributed by atoms with E-state index < -0.39 is 14.5 Å². The van der Waals surface area contributed by atoms with E-state index in [-0.39, 0.29) is 0 Å². The second-order valence-corrected chi connectivity index (χ2v) is 5.27. The highest BCUT2D eigenvalue weighted by atomic mass is 27.2. The van der Waals surface area contributed by atoms with Gasteiger partial charge >= 0.3 is 31.1 Å². The van der Waals surface area contributed by atoms with E-state index in [2.05, 4.69) is 11.6 Å². The molecule has 1 nitrogen and oxygen atoms in total. The Hall–Kier alpha value is 1.02. The van der Waals surface area contributed by atoms with Crippen LogP contribution in [0.3, 0.4) is 0 Å². The summed E-state index contributed by atoms with van der Waals surface area (Å²) >= 11 is 0.347. The maximum atomic E-state index is 5.03. The molecule has 0 saturated carbocycles. The van der Waals surface area contributed by atoms with Crippen LogP contribution in [0.25, 0.3) is 0 Å². The fourth-order valence-corrected chi connectivity index (χ4v) is 0. The molecule has 0 saturated heterocycles.